The maximum atomic E-state index is 12.4. The first-order valence-electron chi connectivity index (χ1n) is 6.23. The second-order valence-corrected chi connectivity index (χ2v) is 7.20. The van der Waals surface area contributed by atoms with E-state index < -0.39 is 9.84 Å². The normalized spacial score (nSPS) is 21.1. The molecule has 0 aliphatic carbocycles. The molecule has 3 heterocycles. The van der Waals surface area contributed by atoms with Gasteiger partial charge in [0, 0.05) is 25.5 Å². The number of carbonyl (C=O) groups is 1. The number of sulfone groups is 1. The Morgan fingerprint density at radius 3 is 3.00 bits per heavy atom. The molecule has 0 bridgehead atoms. The molecule has 1 fully saturated rings. The van der Waals surface area contributed by atoms with E-state index in [-0.39, 0.29) is 29.1 Å². The Morgan fingerprint density at radius 1 is 1.50 bits per heavy atom. The van der Waals surface area contributed by atoms with E-state index in [1.165, 1.54) is 4.90 Å². The fourth-order valence-electron chi connectivity index (χ4n) is 2.43. The van der Waals surface area contributed by atoms with Gasteiger partial charge in [0.05, 0.1) is 22.4 Å². The topological polar surface area (TPSA) is 96.0 Å². The molecule has 2 aromatic rings. The molecule has 1 aliphatic heterocycles. The van der Waals surface area contributed by atoms with E-state index in [9.17, 15) is 13.2 Å². The highest BCUT2D eigenvalue weighted by Crippen LogP contribution is 2.20. The van der Waals surface area contributed by atoms with E-state index in [2.05, 4.69) is 15.2 Å². The highest BCUT2D eigenvalue weighted by Gasteiger charge is 2.34. The van der Waals surface area contributed by atoms with Gasteiger partial charge in [0.1, 0.15) is 0 Å². The predicted molar refractivity (Wildman–Crippen MR) is 73.0 cm³/mol. The molecule has 3 rings (SSSR count). The number of H-pyrrole nitrogens is 1. The Balaban J connectivity index is 1.89. The van der Waals surface area contributed by atoms with Crippen molar-refractivity contribution in [1.29, 1.82) is 0 Å². The number of rotatable bonds is 2. The van der Waals surface area contributed by atoms with Crippen molar-refractivity contribution >= 4 is 26.6 Å². The van der Waals surface area contributed by atoms with E-state index in [1.54, 1.807) is 25.5 Å². The van der Waals surface area contributed by atoms with Crippen LogP contribution in [0.1, 0.15) is 16.9 Å². The van der Waals surface area contributed by atoms with E-state index in [0.717, 1.165) is 5.52 Å². The van der Waals surface area contributed by atoms with Crippen molar-refractivity contribution in [2.75, 3.05) is 18.6 Å². The van der Waals surface area contributed by atoms with E-state index in [0.29, 0.717) is 11.8 Å². The van der Waals surface area contributed by atoms with Gasteiger partial charge >= 0.3 is 0 Å². The minimum Gasteiger partial charge on any atom is -0.336 e. The summed E-state index contributed by atoms with van der Waals surface area (Å²) in [5, 5.41) is 7.44. The molecule has 0 radical (unpaired) electrons. The van der Waals surface area contributed by atoms with Gasteiger partial charge in [-0.1, -0.05) is 0 Å². The number of nitrogens with one attached hydrogen (secondary N) is 1. The largest absolute Gasteiger partial charge is 0.336 e. The molecular formula is C12H14N4O3S. The lowest BCUT2D eigenvalue weighted by Crippen LogP contribution is -2.38. The number of nitrogens with zero attached hydrogens (tertiary/aromatic N) is 3. The molecule has 0 saturated carbocycles. The van der Waals surface area contributed by atoms with Gasteiger partial charge < -0.3 is 4.90 Å². The van der Waals surface area contributed by atoms with E-state index >= 15 is 0 Å². The first-order chi connectivity index (χ1) is 9.48. The van der Waals surface area contributed by atoms with E-state index in [1.807, 2.05) is 0 Å². The fraction of sp³-hybridized carbons (Fsp3) is 0.417. The smallest absolute Gasteiger partial charge is 0.275 e. The molecule has 7 nitrogen and oxygen atoms in total. The van der Waals surface area contributed by atoms with Crippen molar-refractivity contribution in [3.05, 3.63) is 24.2 Å². The maximum Gasteiger partial charge on any atom is 0.275 e. The molecule has 20 heavy (non-hydrogen) atoms. The SMILES string of the molecule is CN(C(=O)c1n[nH]c2ccncc12)C1CCS(=O)(=O)C1. The van der Waals surface area contributed by atoms with Crippen molar-refractivity contribution < 1.29 is 13.2 Å². The summed E-state index contributed by atoms with van der Waals surface area (Å²) in [6.07, 6.45) is 3.67. The average molecular weight is 294 g/mol. The van der Waals surface area contributed by atoms with Gasteiger partial charge in [0.25, 0.3) is 5.91 Å². The predicted octanol–water partition coefficient (Wildman–Crippen LogP) is 0.217. The lowest BCUT2D eigenvalue weighted by atomic mass is 10.2. The summed E-state index contributed by atoms with van der Waals surface area (Å²) in [5.41, 5.74) is 1.01. The second kappa shape index (κ2) is 4.55. The van der Waals surface area contributed by atoms with E-state index in [4.69, 9.17) is 0 Å². The molecule has 2 aromatic heterocycles. The van der Waals surface area contributed by atoms with Crippen molar-refractivity contribution in [2.24, 2.45) is 0 Å². The zero-order valence-electron chi connectivity index (χ0n) is 10.9. The Morgan fingerprint density at radius 2 is 2.30 bits per heavy atom. The third-order valence-corrected chi connectivity index (χ3v) is 5.39. The standard InChI is InChI=1S/C12H14N4O3S/c1-16(8-3-5-20(18,19)7-8)12(17)11-9-6-13-4-2-10(9)14-15-11/h2,4,6,8H,3,5,7H2,1H3,(H,14,15). The van der Waals surface area contributed by atoms with Crippen LogP contribution in [0.25, 0.3) is 10.9 Å². The number of aromatic nitrogens is 3. The van der Waals surface area contributed by atoms with Crippen molar-refractivity contribution in [3.8, 4) is 0 Å². The van der Waals surface area contributed by atoms with Crippen LogP contribution in [0.15, 0.2) is 18.5 Å². The van der Waals surface area contributed by atoms with Gasteiger partial charge in [-0.25, -0.2) is 8.42 Å². The van der Waals surface area contributed by atoms with Gasteiger partial charge in [-0.3, -0.25) is 14.9 Å². The monoisotopic (exact) mass is 294 g/mol. The molecule has 1 aliphatic rings. The van der Waals surface area contributed by atoms with Crippen LogP contribution in [-0.4, -0.2) is 59.0 Å². The van der Waals surface area contributed by atoms with Crippen molar-refractivity contribution in [3.63, 3.8) is 0 Å². The summed E-state index contributed by atoms with van der Waals surface area (Å²) in [6, 6.07) is 1.45. The molecule has 1 atom stereocenters. The molecule has 1 N–H and O–H groups in total. The lowest BCUT2D eigenvalue weighted by Gasteiger charge is -2.22. The zero-order chi connectivity index (χ0) is 14.3. The third kappa shape index (κ3) is 2.15. The Hall–Kier alpha value is -1.96. The third-order valence-electron chi connectivity index (χ3n) is 3.64. The Bertz CT molecular complexity index is 768. The van der Waals surface area contributed by atoms with Crippen LogP contribution in [0.5, 0.6) is 0 Å². The Labute approximate surface area is 115 Å². The zero-order valence-corrected chi connectivity index (χ0v) is 11.7. The molecule has 1 saturated heterocycles. The van der Waals surface area contributed by atoms with Crippen LogP contribution in [0, 0.1) is 0 Å². The van der Waals surface area contributed by atoms with Gasteiger partial charge in [0.2, 0.25) is 0 Å². The van der Waals surface area contributed by atoms with Crippen LogP contribution < -0.4 is 0 Å². The van der Waals surface area contributed by atoms with Gasteiger partial charge in [-0.05, 0) is 12.5 Å². The van der Waals surface area contributed by atoms with Crippen molar-refractivity contribution in [1.82, 2.24) is 20.1 Å². The van der Waals surface area contributed by atoms with Crippen LogP contribution in [0.3, 0.4) is 0 Å². The summed E-state index contributed by atoms with van der Waals surface area (Å²) < 4.78 is 23.0. The van der Waals surface area contributed by atoms with Crippen LogP contribution >= 0.6 is 0 Å². The molecule has 106 valence electrons. The Kier molecular flexibility index (Phi) is 2.97. The highest BCUT2D eigenvalue weighted by molar-refractivity contribution is 7.91. The molecular weight excluding hydrogens is 280 g/mol. The minimum atomic E-state index is -3.02. The summed E-state index contributed by atoms with van der Waals surface area (Å²) >= 11 is 0. The average Bonchev–Trinajstić information content (AvgIpc) is 3.00. The highest BCUT2D eigenvalue weighted by atomic mass is 32.2. The second-order valence-electron chi connectivity index (χ2n) is 4.97. The summed E-state index contributed by atoms with van der Waals surface area (Å²) in [6.45, 7) is 0. The first kappa shape index (κ1) is 13.0. The number of amides is 1. The van der Waals surface area contributed by atoms with Crippen LogP contribution in [-0.2, 0) is 9.84 Å². The number of hydrogen-bond acceptors (Lipinski definition) is 5. The molecule has 8 heteroatoms. The molecule has 1 unspecified atom stereocenters. The summed E-state index contributed by atoms with van der Waals surface area (Å²) in [5.74, 6) is -0.125. The number of fused-ring (bicyclic) bond motifs is 1. The van der Waals surface area contributed by atoms with Crippen LogP contribution in [0.4, 0.5) is 0 Å². The van der Waals surface area contributed by atoms with Crippen LogP contribution in [0.2, 0.25) is 0 Å². The number of pyridine rings is 1. The maximum absolute atomic E-state index is 12.4. The quantitative estimate of drug-likeness (QED) is 0.854. The minimum absolute atomic E-state index is 0.0237. The number of carbonyl (C=O) groups excluding carboxylic acids is 1. The molecule has 0 aromatic carbocycles. The van der Waals surface area contributed by atoms with Gasteiger partial charge in [0.15, 0.2) is 15.5 Å². The van der Waals surface area contributed by atoms with Crippen molar-refractivity contribution in [2.45, 2.75) is 12.5 Å². The molecule has 0 spiro atoms. The molecule has 1 amide bonds. The van der Waals surface area contributed by atoms with Gasteiger partial charge in [-0.2, -0.15) is 5.10 Å². The summed E-state index contributed by atoms with van der Waals surface area (Å²) in [4.78, 5) is 17.9. The summed E-state index contributed by atoms with van der Waals surface area (Å²) in [7, 11) is -1.40. The number of hydrogen-bond donors (Lipinski definition) is 1. The first-order valence-corrected chi connectivity index (χ1v) is 8.06. The van der Waals surface area contributed by atoms with Gasteiger partial charge in [-0.15, -0.1) is 0 Å². The number of aromatic amines is 1. The lowest BCUT2D eigenvalue weighted by molar-refractivity contribution is 0.0743. The fourth-order valence-corrected chi connectivity index (χ4v) is 4.21.